The van der Waals surface area contributed by atoms with E-state index in [1.807, 2.05) is 19.9 Å². The Bertz CT molecular complexity index is 294. The van der Waals surface area contributed by atoms with Crippen LogP contribution in [0.2, 0.25) is 0 Å². The van der Waals surface area contributed by atoms with Crippen LogP contribution in [0.4, 0.5) is 0 Å². The van der Waals surface area contributed by atoms with Crippen LogP contribution in [-0.4, -0.2) is 4.98 Å². The highest BCUT2D eigenvalue weighted by atomic mass is 16.4. The van der Waals surface area contributed by atoms with E-state index in [0.717, 1.165) is 0 Å². The van der Waals surface area contributed by atoms with E-state index >= 15 is 0 Å². The van der Waals surface area contributed by atoms with E-state index in [0.29, 0.717) is 17.3 Å². The van der Waals surface area contributed by atoms with Crippen LogP contribution in [0.5, 0.6) is 0 Å². The van der Waals surface area contributed by atoms with Gasteiger partial charge in [0.15, 0.2) is 11.6 Å². The molecule has 0 N–H and O–H groups in total. The number of hydrogen-bond donors (Lipinski definition) is 0. The van der Waals surface area contributed by atoms with Crippen LogP contribution >= 0.6 is 0 Å². The lowest BCUT2D eigenvalue weighted by atomic mass is 10.1. The summed E-state index contributed by atoms with van der Waals surface area (Å²) in [5.41, 5.74) is 0.414. The van der Waals surface area contributed by atoms with Crippen molar-refractivity contribution in [1.29, 1.82) is 5.26 Å². The Balaban J connectivity index is 3.15. The lowest BCUT2D eigenvalue weighted by molar-refractivity contribution is 0.456. The lowest BCUT2D eigenvalue weighted by Crippen LogP contribution is -1.87. The Kier molecular flexibility index (Phi) is 1.95. The predicted molar refractivity (Wildman–Crippen MR) is 40.0 cm³/mol. The zero-order valence-electron chi connectivity index (χ0n) is 6.88. The van der Waals surface area contributed by atoms with Crippen molar-refractivity contribution >= 4 is 0 Å². The summed E-state index contributed by atoms with van der Waals surface area (Å²) >= 11 is 0. The average molecular weight is 150 g/mol. The van der Waals surface area contributed by atoms with Crippen LogP contribution in [0.15, 0.2) is 4.42 Å². The van der Waals surface area contributed by atoms with Gasteiger partial charge in [-0.05, 0) is 0 Å². The van der Waals surface area contributed by atoms with Crippen LogP contribution in [0.1, 0.15) is 37.1 Å². The highest BCUT2D eigenvalue weighted by Crippen LogP contribution is 2.19. The molecule has 0 bridgehead atoms. The third-order valence-electron chi connectivity index (χ3n) is 1.39. The van der Waals surface area contributed by atoms with Crippen LogP contribution in [0.3, 0.4) is 0 Å². The molecule has 0 aliphatic carbocycles. The summed E-state index contributed by atoms with van der Waals surface area (Å²) in [7, 11) is 0. The van der Waals surface area contributed by atoms with E-state index in [2.05, 4.69) is 4.98 Å². The van der Waals surface area contributed by atoms with E-state index in [-0.39, 0.29) is 5.92 Å². The van der Waals surface area contributed by atoms with Crippen molar-refractivity contribution in [3.63, 3.8) is 0 Å². The molecule has 0 fully saturated rings. The first kappa shape index (κ1) is 7.80. The monoisotopic (exact) mass is 150 g/mol. The first-order chi connectivity index (χ1) is 5.15. The quantitative estimate of drug-likeness (QED) is 0.615. The van der Waals surface area contributed by atoms with Gasteiger partial charge in [-0.1, -0.05) is 13.8 Å². The van der Waals surface area contributed by atoms with Gasteiger partial charge in [-0.25, -0.2) is 4.98 Å². The first-order valence-electron chi connectivity index (χ1n) is 3.52. The number of nitrogens with zero attached hydrogens (tertiary/aromatic N) is 2. The molecule has 0 radical (unpaired) electrons. The fourth-order valence-corrected chi connectivity index (χ4v) is 0.914. The molecule has 0 spiro atoms. The summed E-state index contributed by atoms with van der Waals surface area (Å²) in [4.78, 5) is 3.92. The molecule has 58 valence electrons. The maximum absolute atomic E-state index is 8.61. The second-order valence-electron chi connectivity index (χ2n) is 2.71. The molecule has 0 atom stereocenters. The maximum atomic E-state index is 8.61. The van der Waals surface area contributed by atoms with Gasteiger partial charge < -0.3 is 4.42 Å². The number of hydrogen-bond acceptors (Lipinski definition) is 3. The number of aryl methyl sites for hydroxylation is 1. The van der Waals surface area contributed by atoms with E-state index in [1.165, 1.54) is 0 Å². The summed E-state index contributed by atoms with van der Waals surface area (Å²) in [6, 6.07) is 1.99. The summed E-state index contributed by atoms with van der Waals surface area (Å²) in [5.74, 6) is 1.47. The minimum atomic E-state index is 0.228. The van der Waals surface area contributed by atoms with E-state index in [9.17, 15) is 0 Å². The molecule has 1 heterocycles. The third kappa shape index (κ3) is 1.40. The van der Waals surface area contributed by atoms with Crippen molar-refractivity contribution in [2.45, 2.75) is 26.7 Å². The summed E-state index contributed by atoms with van der Waals surface area (Å²) in [5, 5.41) is 8.61. The highest BCUT2D eigenvalue weighted by molar-refractivity contribution is 5.26. The summed E-state index contributed by atoms with van der Waals surface area (Å²) in [6.07, 6.45) is 0. The van der Waals surface area contributed by atoms with Gasteiger partial charge in [-0.15, -0.1) is 0 Å². The Hall–Kier alpha value is -1.30. The van der Waals surface area contributed by atoms with Crippen molar-refractivity contribution in [1.82, 2.24) is 4.98 Å². The van der Waals surface area contributed by atoms with Crippen molar-refractivity contribution in [3.8, 4) is 6.07 Å². The van der Waals surface area contributed by atoms with Crippen molar-refractivity contribution in [2.24, 2.45) is 0 Å². The molecular weight excluding hydrogens is 140 g/mol. The van der Waals surface area contributed by atoms with Crippen molar-refractivity contribution in [3.05, 3.63) is 17.3 Å². The van der Waals surface area contributed by atoms with Gasteiger partial charge in [0, 0.05) is 12.8 Å². The fraction of sp³-hybridized carbons (Fsp3) is 0.500. The van der Waals surface area contributed by atoms with Gasteiger partial charge >= 0.3 is 0 Å². The Morgan fingerprint density at radius 3 is 2.55 bits per heavy atom. The molecule has 1 rings (SSSR count). The highest BCUT2D eigenvalue weighted by Gasteiger charge is 2.12. The SMILES string of the molecule is Cc1nc(C#N)c(C(C)C)o1. The van der Waals surface area contributed by atoms with Gasteiger partial charge in [-0.3, -0.25) is 0 Å². The van der Waals surface area contributed by atoms with E-state index < -0.39 is 0 Å². The molecule has 0 saturated carbocycles. The maximum Gasteiger partial charge on any atom is 0.192 e. The molecule has 1 aromatic heterocycles. The Morgan fingerprint density at radius 2 is 2.18 bits per heavy atom. The third-order valence-corrected chi connectivity index (χ3v) is 1.39. The lowest BCUT2D eigenvalue weighted by Gasteiger charge is -1.96. The van der Waals surface area contributed by atoms with Crippen LogP contribution < -0.4 is 0 Å². The van der Waals surface area contributed by atoms with Crippen LogP contribution in [-0.2, 0) is 0 Å². The Morgan fingerprint density at radius 1 is 1.55 bits per heavy atom. The van der Waals surface area contributed by atoms with Gasteiger partial charge in [0.1, 0.15) is 11.8 Å². The van der Waals surface area contributed by atoms with Crippen molar-refractivity contribution < 1.29 is 4.42 Å². The number of aromatic nitrogens is 1. The molecule has 0 amide bonds. The molecular formula is C8H10N2O. The topological polar surface area (TPSA) is 49.8 Å². The second-order valence-corrected chi connectivity index (χ2v) is 2.71. The minimum absolute atomic E-state index is 0.228. The second kappa shape index (κ2) is 2.75. The van der Waals surface area contributed by atoms with Gasteiger partial charge in [0.2, 0.25) is 0 Å². The normalized spacial score (nSPS) is 10.1. The molecule has 0 aliphatic rings. The molecule has 3 heteroatoms. The predicted octanol–water partition coefficient (Wildman–Crippen LogP) is 1.98. The van der Waals surface area contributed by atoms with Gasteiger partial charge in [0.05, 0.1) is 0 Å². The molecule has 0 saturated heterocycles. The molecule has 3 nitrogen and oxygen atoms in total. The van der Waals surface area contributed by atoms with E-state index in [4.69, 9.17) is 9.68 Å². The zero-order valence-corrected chi connectivity index (χ0v) is 6.88. The fourth-order valence-electron chi connectivity index (χ4n) is 0.914. The molecule has 1 aromatic rings. The minimum Gasteiger partial charge on any atom is -0.444 e. The number of nitriles is 1. The van der Waals surface area contributed by atoms with E-state index in [1.54, 1.807) is 6.92 Å². The summed E-state index contributed by atoms with van der Waals surface area (Å²) in [6.45, 7) is 5.69. The van der Waals surface area contributed by atoms with Crippen LogP contribution in [0.25, 0.3) is 0 Å². The average Bonchev–Trinajstić information content (AvgIpc) is 2.30. The molecule has 11 heavy (non-hydrogen) atoms. The van der Waals surface area contributed by atoms with Crippen LogP contribution in [0, 0.1) is 18.3 Å². The smallest absolute Gasteiger partial charge is 0.192 e. The van der Waals surface area contributed by atoms with Gasteiger partial charge in [0.25, 0.3) is 0 Å². The molecule has 0 aromatic carbocycles. The molecule has 0 aliphatic heterocycles. The largest absolute Gasteiger partial charge is 0.444 e. The number of oxazole rings is 1. The van der Waals surface area contributed by atoms with Crippen molar-refractivity contribution in [2.75, 3.05) is 0 Å². The first-order valence-corrected chi connectivity index (χ1v) is 3.52. The Labute approximate surface area is 65.7 Å². The van der Waals surface area contributed by atoms with Gasteiger partial charge in [-0.2, -0.15) is 5.26 Å². The standard InChI is InChI=1S/C8H10N2O/c1-5(2)8-7(4-9)10-6(3)11-8/h5H,1-3H3. The molecule has 0 unspecified atom stereocenters. The summed E-state index contributed by atoms with van der Waals surface area (Å²) < 4.78 is 5.23. The zero-order chi connectivity index (χ0) is 8.43. The number of rotatable bonds is 1.